The van der Waals surface area contributed by atoms with Crippen LogP contribution in [-0.4, -0.2) is 15.9 Å². The van der Waals surface area contributed by atoms with Crippen LogP contribution in [-0.2, 0) is 31.3 Å². The Morgan fingerprint density at radius 3 is 2.13 bits per heavy atom. The van der Waals surface area contributed by atoms with Crippen molar-refractivity contribution in [3.8, 4) is 11.3 Å². The van der Waals surface area contributed by atoms with Crippen LogP contribution < -0.4 is 0 Å². The number of carbonyl (C=O) groups is 1. The van der Waals surface area contributed by atoms with Gasteiger partial charge in [-0.3, -0.25) is 4.79 Å². The van der Waals surface area contributed by atoms with Crippen LogP contribution in [0.4, 0.5) is 0 Å². The quantitative estimate of drug-likeness (QED) is 0.197. The van der Waals surface area contributed by atoms with Crippen LogP contribution in [0, 0.1) is 27.2 Å². The molecule has 0 atom stereocenters. The van der Waals surface area contributed by atoms with Crippen molar-refractivity contribution >= 4 is 16.7 Å². The van der Waals surface area contributed by atoms with Gasteiger partial charge in [0.05, 0.1) is 17.0 Å². The molecule has 0 unspecified atom stereocenters. The number of hydrogen-bond acceptors (Lipinski definition) is 3. The number of aliphatic hydroxyl groups is 1. The van der Waals surface area contributed by atoms with Crippen LogP contribution in [0.2, 0.25) is 0 Å². The molecule has 0 spiro atoms. The summed E-state index contributed by atoms with van der Waals surface area (Å²) < 4.78 is 0. The van der Waals surface area contributed by atoms with Crippen LogP contribution in [0.1, 0.15) is 44.4 Å². The van der Waals surface area contributed by atoms with Crippen LogP contribution in [0.5, 0.6) is 0 Å². The molecular weight excluding hydrogens is 563 g/mol. The van der Waals surface area contributed by atoms with Crippen molar-refractivity contribution in [3.63, 3.8) is 0 Å². The maximum atomic E-state index is 10.0. The molecule has 3 nitrogen and oxygen atoms in total. The second-order valence-electron chi connectivity index (χ2n) is 8.05. The largest absolute Gasteiger partial charge is 0.512 e. The molecule has 4 heteroatoms. The van der Waals surface area contributed by atoms with E-state index in [0.717, 1.165) is 17.6 Å². The van der Waals surface area contributed by atoms with E-state index in [4.69, 9.17) is 10.1 Å². The predicted molar refractivity (Wildman–Crippen MR) is 129 cm³/mol. The third kappa shape index (κ3) is 9.16. The van der Waals surface area contributed by atoms with Gasteiger partial charge in [0.15, 0.2) is 5.78 Å². The summed E-state index contributed by atoms with van der Waals surface area (Å²) in [5, 5.41) is 9.64. The van der Waals surface area contributed by atoms with Gasteiger partial charge in [0.2, 0.25) is 0 Å². The Balaban J connectivity index is 0.000000875. The SMILES string of the molecule is CC(=O)/C=C(/C)O.Cc1cc(C)cc(-c2ccc3c(CC(C)C)cccc3n2)c1.[CH3-].[Ir]. The summed E-state index contributed by atoms with van der Waals surface area (Å²) in [6, 6.07) is 17.5. The van der Waals surface area contributed by atoms with E-state index < -0.39 is 0 Å². The minimum atomic E-state index is -0.125. The molecule has 0 aliphatic carbocycles. The Morgan fingerprint density at radius 1 is 1.03 bits per heavy atom. The standard InChI is InChI=1S/C21H23N.C5H8O2.CH3.Ir/c1-14(2)10-17-6-5-7-21-19(17)8-9-20(22-21)18-12-15(3)11-16(4)13-18;1-4(6)3-5(2)7;;/h5-9,11-14H,10H2,1-4H3;3,6H,1-2H3;1H3;/q;;-1;/b;4-3-;;. The molecule has 1 N–H and O–H groups in total. The molecule has 1 aromatic heterocycles. The number of nitrogens with zero attached hydrogens (tertiary/aromatic N) is 1. The van der Waals surface area contributed by atoms with Gasteiger partial charge in [-0.25, -0.2) is 4.98 Å². The van der Waals surface area contributed by atoms with Gasteiger partial charge >= 0.3 is 0 Å². The Hall–Kier alpha value is -2.29. The maximum absolute atomic E-state index is 10.0. The molecule has 0 amide bonds. The zero-order valence-corrected chi connectivity index (χ0v) is 22.0. The van der Waals surface area contributed by atoms with Crippen molar-refractivity contribution in [1.82, 2.24) is 4.98 Å². The number of aliphatic hydroxyl groups excluding tert-OH is 1. The number of benzene rings is 2. The van der Waals surface area contributed by atoms with Crippen LogP contribution in [0.15, 0.2) is 60.4 Å². The number of ketones is 1. The van der Waals surface area contributed by atoms with Gasteiger partial charge in [0.25, 0.3) is 0 Å². The summed E-state index contributed by atoms with van der Waals surface area (Å²) in [6.45, 7) is 11.6. The minimum absolute atomic E-state index is 0. The number of aryl methyl sites for hydroxylation is 2. The third-order valence-corrected chi connectivity index (χ3v) is 4.38. The first-order valence-corrected chi connectivity index (χ1v) is 10.0. The zero-order valence-electron chi connectivity index (χ0n) is 19.6. The molecule has 0 aliphatic rings. The second-order valence-corrected chi connectivity index (χ2v) is 8.05. The van der Waals surface area contributed by atoms with Crippen molar-refractivity contribution in [2.45, 2.75) is 48.0 Å². The Kier molecular flexibility index (Phi) is 12.2. The number of allylic oxidation sites excluding steroid dienone is 2. The molecule has 0 saturated carbocycles. The van der Waals surface area contributed by atoms with Gasteiger partial charge in [-0.15, -0.1) is 0 Å². The van der Waals surface area contributed by atoms with Gasteiger partial charge in [-0.2, -0.15) is 0 Å². The average molecular weight is 597 g/mol. The molecule has 31 heavy (non-hydrogen) atoms. The number of carbonyl (C=O) groups excluding carboxylic acids is 1. The molecule has 3 aromatic rings. The van der Waals surface area contributed by atoms with E-state index in [1.165, 1.54) is 47.6 Å². The fraction of sp³-hybridized carbons (Fsp3) is 0.296. The van der Waals surface area contributed by atoms with Crippen LogP contribution in [0.25, 0.3) is 22.2 Å². The zero-order chi connectivity index (χ0) is 21.6. The molecular formula is C27H34IrNO2-. The third-order valence-electron chi connectivity index (χ3n) is 4.38. The molecule has 0 aliphatic heterocycles. The van der Waals surface area contributed by atoms with E-state index in [2.05, 4.69) is 76.2 Å². The summed E-state index contributed by atoms with van der Waals surface area (Å²) in [5.41, 5.74) is 7.31. The molecule has 2 aromatic carbocycles. The average Bonchev–Trinajstić information content (AvgIpc) is 2.59. The van der Waals surface area contributed by atoms with Crippen molar-refractivity contribution in [3.05, 3.63) is 84.5 Å². The number of aromatic nitrogens is 1. The summed E-state index contributed by atoms with van der Waals surface area (Å²) >= 11 is 0. The van der Waals surface area contributed by atoms with Gasteiger partial charge < -0.3 is 12.5 Å². The van der Waals surface area contributed by atoms with Crippen molar-refractivity contribution in [2.24, 2.45) is 5.92 Å². The van der Waals surface area contributed by atoms with Gasteiger partial charge in [0.1, 0.15) is 0 Å². The van der Waals surface area contributed by atoms with Crippen molar-refractivity contribution in [1.29, 1.82) is 0 Å². The number of rotatable bonds is 4. The van der Waals surface area contributed by atoms with E-state index in [1.807, 2.05) is 0 Å². The normalized spacial score (nSPS) is 10.6. The molecule has 0 bridgehead atoms. The monoisotopic (exact) mass is 597 g/mol. The van der Waals surface area contributed by atoms with Crippen molar-refractivity contribution < 1.29 is 30.0 Å². The fourth-order valence-electron chi connectivity index (χ4n) is 3.41. The smallest absolute Gasteiger partial charge is 0.155 e. The van der Waals surface area contributed by atoms with E-state index >= 15 is 0 Å². The maximum Gasteiger partial charge on any atom is 0.155 e. The minimum Gasteiger partial charge on any atom is -0.512 e. The van der Waals surface area contributed by atoms with Crippen LogP contribution in [0.3, 0.4) is 0 Å². The second kappa shape index (κ2) is 13.2. The Morgan fingerprint density at radius 2 is 1.65 bits per heavy atom. The molecule has 169 valence electrons. The van der Waals surface area contributed by atoms with Gasteiger partial charge in [0, 0.05) is 37.1 Å². The molecule has 0 saturated heterocycles. The van der Waals surface area contributed by atoms with E-state index in [1.54, 1.807) is 0 Å². The summed E-state index contributed by atoms with van der Waals surface area (Å²) in [5.74, 6) is 0.595. The predicted octanol–water partition coefficient (Wildman–Crippen LogP) is 7.20. The van der Waals surface area contributed by atoms with E-state index in [0.29, 0.717) is 5.92 Å². The summed E-state index contributed by atoms with van der Waals surface area (Å²) in [4.78, 5) is 14.9. The van der Waals surface area contributed by atoms with Crippen molar-refractivity contribution in [2.75, 3.05) is 0 Å². The first-order chi connectivity index (χ1) is 13.7. The number of pyridine rings is 1. The number of fused-ring (bicyclic) bond motifs is 1. The summed E-state index contributed by atoms with van der Waals surface area (Å²) in [6.07, 6.45) is 2.27. The fourth-order valence-corrected chi connectivity index (χ4v) is 3.41. The first-order valence-electron chi connectivity index (χ1n) is 10.0. The van der Waals surface area contributed by atoms with Gasteiger partial charge in [-0.1, -0.05) is 49.2 Å². The van der Waals surface area contributed by atoms with Crippen LogP contribution >= 0.6 is 0 Å². The molecule has 3 rings (SSSR count). The Bertz CT molecular complexity index is 1010. The first kappa shape index (κ1) is 28.7. The molecule has 1 radical (unpaired) electrons. The Labute approximate surface area is 201 Å². The van der Waals surface area contributed by atoms with Gasteiger partial charge in [-0.05, 0) is 69.9 Å². The topological polar surface area (TPSA) is 50.2 Å². The van der Waals surface area contributed by atoms with E-state index in [-0.39, 0.29) is 39.1 Å². The molecule has 0 fully saturated rings. The molecule has 1 heterocycles. The summed E-state index contributed by atoms with van der Waals surface area (Å²) in [7, 11) is 0. The number of hydrogen-bond donors (Lipinski definition) is 1. The van der Waals surface area contributed by atoms with E-state index in [9.17, 15) is 4.79 Å².